The van der Waals surface area contributed by atoms with Crippen LogP contribution in [0.4, 0.5) is 18.0 Å². The van der Waals surface area contributed by atoms with E-state index in [0.717, 1.165) is 16.4 Å². The monoisotopic (exact) mass is 396 g/mol. The van der Waals surface area contributed by atoms with Crippen LogP contribution < -0.4 is 0 Å². The van der Waals surface area contributed by atoms with Gasteiger partial charge in [0.25, 0.3) is 0 Å². The zero-order valence-electron chi connectivity index (χ0n) is 11.9. The fourth-order valence-corrected chi connectivity index (χ4v) is 3.53. The number of nitrogens with zero attached hydrogens (tertiary/aromatic N) is 2. The Morgan fingerprint density at radius 1 is 1.27 bits per heavy atom. The van der Waals surface area contributed by atoms with Crippen molar-refractivity contribution in [1.82, 2.24) is 9.80 Å². The number of carbonyl (C=O) groups excluding carboxylic acids is 1. The maximum atomic E-state index is 13.5. The Morgan fingerprint density at radius 2 is 1.82 bits per heavy atom. The lowest BCUT2D eigenvalue weighted by atomic mass is 10.1. The molecule has 22 heavy (non-hydrogen) atoms. The summed E-state index contributed by atoms with van der Waals surface area (Å²) in [5.41, 5.74) is 0.0536. The number of benzene rings is 1. The van der Waals surface area contributed by atoms with Gasteiger partial charge in [-0.1, -0.05) is 28.1 Å². The number of hydrogen-bond donors (Lipinski definition) is 0. The van der Waals surface area contributed by atoms with Crippen LogP contribution in [0.5, 0.6) is 0 Å². The Labute approximate surface area is 140 Å². The minimum Gasteiger partial charge on any atom is -0.323 e. The van der Waals surface area contributed by atoms with Crippen LogP contribution in [0.15, 0.2) is 28.7 Å². The van der Waals surface area contributed by atoms with Crippen molar-refractivity contribution in [2.24, 2.45) is 0 Å². The number of halogens is 4. The van der Waals surface area contributed by atoms with Crippen molar-refractivity contribution in [3.05, 3.63) is 34.3 Å². The van der Waals surface area contributed by atoms with Gasteiger partial charge in [-0.15, -0.1) is 0 Å². The van der Waals surface area contributed by atoms with Crippen molar-refractivity contribution in [3.8, 4) is 0 Å². The lowest BCUT2D eigenvalue weighted by Crippen LogP contribution is -2.49. The standard InChI is InChI=1S/C14H16BrF3N2OS/c1-19(13(21)20-6-8-22-9-7-20)12(14(16,17)18)10-2-4-11(15)5-3-10/h2-5,12H,6-9H2,1H3/t12-/m0/s1. The largest absolute Gasteiger partial charge is 0.413 e. The number of rotatable bonds is 2. The van der Waals surface area contributed by atoms with Crippen LogP contribution >= 0.6 is 27.7 Å². The van der Waals surface area contributed by atoms with Crippen LogP contribution in [0, 0.1) is 0 Å². The second kappa shape index (κ2) is 7.12. The Balaban J connectivity index is 2.24. The summed E-state index contributed by atoms with van der Waals surface area (Å²) in [6.07, 6.45) is -4.53. The normalized spacial score (nSPS) is 17.2. The van der Waals surface area contributed by atoms with Crippen molar-refractivity contribution in [1.29, 1.82) is 0 Å². The van der Waals surface area contributed by atoms with Crippen LogP contribution in [0.25, 0.3) is 0 Å². The predicted octanol–water partition coefficient (Wildman–Crippen LogP) is 4.15. The van der Waals surface area contributed by atoms with Crippen molar-refractivity contribution in [2.45, 2.75) is 12.2 Å². The number of hydrogen-bond acceptors (Lipinski definition) is 2. The average Bonchev–Trinajstić information content (AvgIpc) is 2.48. The summed E-state index contributed by atoms with van der Waals surface area (Å²) < 4.78 is 41.1. The first-order valence-electron chi connectivity index (χ1n) is 6.72. The van der Waals surface area contributed by atoms with Crippen molar-refractivity contribution >= 4 is 33.7 Å². The zero-order valence-corrected chi connectivity index (χ0v) is 14.3. The van der Waals surface area contributed by atoms with E-state index in [9.17, 15) is 18.0 Å². The Kier molecular flexibility index (Phi) is 5.65. The highest BCUT2D eigenvalue weighted by molar-refractivity contribution is 9.10. The fourth-order valence-electron chi connectivity index (χ4n) is 2.37. The number of thioether (sulfide) groups is 1. The highest BCUT2D eigenvalue weighted by Crippen LogP contribution is 2.38. The number of alkyl halides is 3. The summed E-state index contributed by atoms with van der Waals surface area (Å²) in [6.45, 7) is 0.970. The van der Waals surface area contributed by atoms with Gasteiger partial charge in [-0.25, -0.2) is 4.79 Å². The molecule has 1 atom stereocenters. The molecule has 1 aliphatic rings. The molecule has 1 aromatic carbocycles. The molecule has 0 N–H and O–H groups in total. The molecule has 1 saturated heterocycles. The molecule has 1 fully saturated rings. The minimum atomic E-state index is -4.53. The van der Waals surface area contributed by atoms with E-state index in [2.05, 4.69) is 15.9 Å². The van der Waals surface area contributed by atoms with Gasteiger partial charge in [-0.3, -0.25) is 0 Å². The van der Waals surface area contributed by atoms with Crippen molar-refractivity contribution < 1.29 is 18.0 Å². The quantitative estimate of drug-likeness (QED) is 0.749. The van der Waals surface area contributed by atoms with Gasteiger partial charge in [-0.2, -0.15) is 24.9 Å². The lowest BCUT2D eigenvalue weighted by molar-refractivity contribution is -0.176. The zero-order chi connectivity index (χ0) is 16.3. The van der Waals surface area contributed by atoms with Gasteiger partial charge in [0.2, 0.25) is 0 Å². The van der Waals surface area contributed by atoms with Crippen LogP contribution in [0.2, 0.25) is 0 Å². The van der Waals surface area contributed by atoms with Gasteiger partial charge in [-0.05, 0) is 17.7 Å². The van der Waals surface area contributed by atoms with Gasteiger partial charge in [0.05, 0.1) is 0 Å². The van der Waals surface area contributed by atoms with Crippen LogP contribution in [0.3, 0.4) is 0 Å². The number of carbonyl (C=O) groups is 1. The Morgan fingerprint density at radius 3 is 2.32 bits per heavy atom. The van der Waals surface area contributed by atoms with Crippen LogP contribution in [-0.4, -0.2) is 53.7 Å². The Bertz CT molecular complexity index is 518. The average molecular weight is 397 g/mol. The maximum absolute atomic E-state index is 13.5. The third-order valence-electron chi connectivity index (χ3n) is 3.47. The molecule has 0 radical (unpaired) electrons. The van der Waals surface area contributed by atoms with Gasteiger partial charge in [0, 0.05) is 36.1 Å². The van der Waals surface area contributed by atoms with Crippen LogP contribution in [0.1, 0.15) is 11.6 Å². The van der Waals surface area contributed by atoms with Crippen molar-refractivity contribution in [2.75, 3.05) is 31.6 Å². The first-order valence-corrected chi connectivity index (χ1v) is 8.67. The summed E-state index contributed by atoms with van der Waals surface area (Å²) >= 11 is 4.90. The molecular formula is C14H16BrF3N2OS. The molecule has 1 aromatic rings. The van der Waals surface area contributed by atoms with E-state index in [1.807, 2.05) is 0 Å². The molecule has 1 heterocycles. The maximum Gasteiger partial charge on any atom is 0.413 e. The van der Waals surface area contributed by atoms with Gasteiger partial charge < -0.3 is 9.80 Å². The predicted molar refractivity (Wildman–Crippen MR) is 85.0 cm³/mol. The molecule has 0 bridgehead atoms. The third kappa shape index (κ3) is 4.10. The van der Waals surface area contributed by atoms with Crippen molar-refractivity contribution in [3.63, 3.8) is 0 Å². The first-order chi connectivity index (χ1) is 10.3. The minimum absolute atomic E-state index is 0.0536. The second-order valence-corrected chi connectivity index (χ2v) is 7.13. The number of amides is 2. The molecule has 2 rings (SSSR count). The molecular weight excluding hydrogens is 381 g/mol. The Hall–Kier alpha value is -0.890. The molecule has 0 aliphatic carbocycles. The smallest absolute Gasteiger partial charge is 0.323 e. The number of urea groups is 1. The molecule has 3 nitrogen and oxygen atoms in total. The van der Waals surface area contributed by atoms with E-state index >= 15 is 0 Å². The summed E-state index contributed by atoms with van der Waals surface area (Å²) in [4.78, 5) is 14.6. The first kappa shape index (κ1) is 17.5. The van der Waals surface area contributed by atoms with E-state index in [1.54, 1.807) is 23.9 Å². The molecule has 1 aliphatic heterocycles. The molecule has 0 spiro atoms. The van der Waals surface area contributed by atoms with Gasteiger partial charge >= 0.3 is 12.2 Å². The van der Waals surface area contributed by atoms with E-state index in [1.165, 1.54) is 24.1 Å². The molecule has 0 aromatic heterocycles. The molecule has 122 valence electrons. The van der Waals surface area contributed by atoms with Crippen LogP contribution in [-0.2, 0) is 0 Å². The third-order valence-corrected chi connectivity index (χ3v) is 4.94. The summed E-state index contributed by atoms with van der Waals surface area (Å²) in [5, 5.41) is 0. The van der Waals surface area contributed by atoms with E-state index in [4.69, 9.17) is 0 Å². The summed E-state index contributed by atoms with van der Waals surface area (Å²) in [5.74, 6) is 1.52. The topological polar surface area (TPSA) is 23.6 Å². The molecule has 8 heteroatoms. The van der Waals surface area contributed by atoms with E-state index in [-0.39, 0.29) is 5.56 Å². The molecule has 0 unspecified atom stereocenters. The summed E-state index contributed by atoms with van der Waals surface area (Å²) in [7, 11) is 1.21. The van der Waals surface area contributed by atoms with Gasteiger partial charge in [0.15, 0.2) is 6.04 Å². The van der Waals surface area contributed by atoms with E-state index < -0.39 is 18.2 Å². The SMILES string of the molecule is CN(C(=O)N1CCSCC1)[C@@H](c1ccc(Br)cc1)C(F)(F)F. The van der Waals surface area contributed by atoms with Gasteiger partial charge in [0.1, 0.15) is 0 Å². The summed E-state index contributed by atoms with van der Waals surface area (Å²) in [6, 6.07) is 3.34. The highest BCUT2D eigenvalue weighted by Gasteiger charge is 2.46. The fraction of sp³-hybridized carbons (Fsp3) is 0.500. The van der Waals surface area contributed by atoms with E-state index in [0.29, 0.717) is 17.6 Å². The molecule has 2 amide bonds. The lowest BCUT2D eigenvalue weighted by Gasteiger charge is -2.36. The molecule has 0 saturated carbocycles. The highest BCUT2D eigenvalue weighted by atomic mass is 79.9. The second-order valence-electron chi connectivity index (χ2n) is 4.99.